The summed E-state index contributed by atoms with van der Waals surface area (Å²) in [6, 6.07) is 3.05. The average Bonchev–Trinajstić information content (AvgIpc) is 2.88. The van der Waals surface area contributed by atoms with E-state index in [0.717, 1.165) is 44.3 Å². The average molecular weight is 517 g/mol. The van der Waals surface area contributed by atoms with Crippen molar-refractivity contribution in [3.05, 3.63) is 23.3 Å². The summed E-state index contributed by atoms with van der Waals surface area (Å²) in [7, 11) is 1.47. The number of ether oxygens (including phenoxy) is 4. The fourth-order valence-corrected chi connectivity index (χ4v) is 3.08. The highest BCUT2D eigenvalue weighted by atomic mass is 16.7. The van der Waals surface area contributed by atoms with Crippen LogP contribution in [0.15, 0.2) is 12.1 Å². The molecule has 1 aromatic rings. The molecule has 36 heavy (non-hydrogen) atoms. The van der Waals surface area contributed by atoms with Crippen molar-refractivity contribution in [2.24, 2.45) is 0 Å². The highest BCUT2D eigenvalue weighted by Gasteiger charge is 2.14. The van der Waals surface area contributed by atoms with Crippen LogP contribution in [0.3, 0.4) is 0 Å². The predicted molar refractivity (Wildman–Crippen MR) is 140 cm³/mol. The number of esters is 1. The molecular weight excluding hydrogens is 468 g/mol. The molecule has 0 aliphatic carbocycles. The molecule has 210 valence electrons. The van der Waals surface area contributed by atoms with Crippen molar-refractivity contribution in [2.75, 3.05) is 33.5 Å². The first-order valence-electron chi connectivity index (χ1n) is 12.8. The zero-order chi connectivity index (χ0) is 27.8. The second kappa shape index (κ2) is 24.5. The summed E-state index contributed by atoms with van der Waals surface area (Å²) in [5, 5.41) is 26.7. The van der Waals surface area contributed by atoms with Gasteiger partial charge in [0.1, 0.15) is 6.29 Å². The quantitative estimate of drug-likeness (QED) is 0.126. The number of aldehydes is 1. The molecule has 0 saturated carbocycles. The van der Waals surface area contributed by atoms with E-state index in [1.54, 1.807) is 6.07 Å². The van der Waals surface area contributed by atoms with Gasteiger partial charge in [-0.25, -0.2) is 4.79 Å². The van der Waals surface area contributed by atoms with E-state index in [-0.39, 0.29) is 12.0 Å². The second-order valence-corrected chi connectivity index (χ2v) is 7.77. The second-order valence-electron chi connectivity index (χ2n) is 7.77. The molecule has 0 radical (unpaired) electrons. The minimum Gasteiger partial charge on any atom is -0.504 e. The molecule has 0 aliphatic rings. The van der Waals surface area contributed by atoms with Crippen LogP contribution in [0, 0.1) is 0 Å². The van der Waals surface area contributed by atoms with Gasteiger partial charge in [-0.15, -0.1) is 0 Å². The van der Waals surface area contributed by atoms with Crippen LogP contribution in [-0.4, -0.2) is 73.5 Å². The summed E-state index contributed by atoms with van der Waals surface area (Å²) in [5.41, 5.74) is 1.31. The van der Waals surface area contributed by atoms with Gasteiger partial charge >= 0.3 is 5.97 Å². The Labute approximate surface area is 216 Å². The van der Waals surface area contributed by atoms with Crippen LogP contribution < -0.4 is 4.74 Å². The molecule has 0 saturated heterocycles. The number of rotatable bonds is 16. The summed E-state index contributed by atoms with van der Waals surface area (Å²) in [6.07, 6.45) is 6.73. The Hall–Kier alpha value is -2.20. The maximum absolute atomic E-state index is 10.9. The summed E-state index contributed by atoms with van der Waals surface area (Å²) in [6.45, 7) is 11.1. The van der Waals surface area contributed by atoms with Crippen LogP contribution in [0.5, 0.6) is 11.5 Å². The normalized spacial score (nSPS) is 11.0. The lowest BCUT2D eigenvalue weighted by Crippen LogP contribution is -2.26. The maximum atomic E-state index is 10.9. The number of methoxy groups -OCH3 is 1. The monoisotopic (exact) mass is 516 g/mol. The van der Waals surface area contributed by atoms with Gasteiger partial charge in [0, 0.05) is 24.3 Å². The van der Waals surface area contributed by atoms with Crippen LogP contribution in [0.25, 0.3) is 0 Å². The predicted octanol–water partition coefficient (Wildman–Crippen LogP) is 4.42. The number of carbonyl (C=O) groups excluding carboxylic acids is 2. The van der Waals surface area contributed by atoms with Crippen molar-refractivity contribution in [1.82, 2.24) is 0 Å². The Balaban J connectivity index is 0. The van der Waals surface area contributed by atoms with E-state index in [1.165, 1.54) is 32.4 Å². The Morgan fingerprint density at radius 2 is 1.58 bits per heavy atom. The van der Waals surface area contributed by atoms with Crippen molar-refractivity contribution in [1.29, 1.82) is 0 Å². The molecule has 9 heteroatoms. The third-order valence-electron chi connectivity index (χ3n) is 4.95. The van der Waals surface area contributed by atoms with Crippen molar-refractivity contribution in [2.45, 2.75) is 92.0 Å². The molecule has 0 spiro atoms. The minimum absolute atomic E-state index is 0.0370. The standard InChI is InChI=1S/C11H22O4.C10H12O3.C6H14O2/c1-2-3-4-5-6-7-8-15-11(14)10(13)9-12;1-3-8-7(6-11)4-5-9(12)10(8)13-2;1-4-7-6(3)8-5-2/h10,12-13H,2-9H2,1H3;4-6,12H,3H2,1-2H3;6H,4-5H2,1-3H3. The molecule has 0 aromatic heterocycles. The molecule has 0 fully saturated rings. The maximum Gasteiger partial charge on any atom is 0.337 e. The lowest BCUT2D eigenvalue weighted by molar-refractivity contribution is -0.155. The molecular formula is C27H48O9. The summed E-state index contributed by atoms with van der Waals surface area (Å²) >= 11 is 0. The van der Waals surface area contributed by atoms with Crippen LogP contribution >= 0.6 is 0 Å². The van der Waals surface area contributed by atoms with E-state index in [1.807, 2.05) is 27.7 Å². The lowest BCUT2D eigenvalue weighted by Gasteiger charge is -2.10. The Morgan fingerprint density at radius 1 is 1.00 bits per heavy atom. The number of phenolic OH excluding ortho intramolecular Hbond substituents is 1. The van der Waals surface area contributed by atoms with Crippen LogP contribution in [0.1, 0.15) is 89.1 Å². The molecule has 0 aliphatic heterocycles. The van der Waals surface area contributed by atoms with E-state index >= 15 is 0 Å². The molecule has 0 bridgehead atoms. The van der Waals surface area contributed by atoms with Crippen molar-refractivity contribution < 1.29 is 43.9 Å². The van der Waals surface area contributed by atoms with Crippen LogP contribution in [0.4, 0.5) is 0 Å². The van der Waals surface area contributed by atoms with E-state index in [0.29, 0.717) is 24.3 Å². The lowest BCUT2D eigenvalue weighted by atomic mass is 10.0. The SMILES string of the molecule is CCCCCCCCOC(=O)C(O)CO.CCOC(C)OCC.CCc1c(C=O)ccc(O)c1OC. The van der Waals surface area contributed by atoms with E-state index in [9.17, 15) is 14.7 Å². The van der Waals surface area contributed by atoms with Crippen molar-refractivity contribution >= 4 is 12.3 Å². The van der Waals surface area contributed by atoms with Gasteiger partial charge in [-0.1, -0.05) is 46.0 Å². The smallest absolute Gasteiger partial charge is 0.337 e. The number of aliphatic hydroxyl groups is 2. The van der Waals surface area contributed by atoms with Gasteiger partial charge in [-0.3, -0.25) is 4.79 Å². The molecule has 1 unspecified atom stereocenters. The first-order valence-corrected chi connectivity index (χ1v) is 12.8. The molecule has 0 amide bonds. The fraction of sp³-hybridized carbons (Fsp3) is 0.704. The highest BCUT2D eigenvalue weighted by molar-refractivity contribution is 5.79. The summed E-state index contributed by atoms with van der Waals surface area (Å²) in [5.74, 6) is -0.261. The first kappa shape index (κ1) is 36.0. The molecule has 9 nitrogen and oxygen atoms in total. The van der Waals surface area contributed by atoms with Crippen molar-refractivity contribution in [3.63, 3.8) is 0 Å². The molecule has 1 atom stereocenters. The highest BCUT2D eigenvalue weighted by Crippen LogP contribution is 2.32. The number of carbonyl (C=O) groups is 2. The van der Waals surface area contributed by atoms with Crippen LogP contribution in [-0.2, 0) is 25.4 Å². The van der Waals surface area contributed by atoms with Gasteiger partial charge in [-0.2, -0.15) is 0 Å². The van der Waals surface area contributed by atoms with Gasteiger partial charge in [0.05, 0.1) is 20.3 Å². The topological polar surface area (TPSA) is 132 Å². The van der Waals surface area contributed by atoms with Gasteiger partial charge < -0.3 is 34.3 Å². The molecule has 1 aromatic carbocycles. The third-order valence-corrected chi connectivity index (χ3v) is 4.95. The number of unbranched alkanes of at least 4 members (excludes halogenated alkanes) is 5. The molecule has 1 rings (SSSR count). The van der Waals surface area contributed by atoms with Gasteiger partial charge in [-0.05, 0) is 45.7 Å². The number of phenols is 1. The zero-order valence-corrected chi connectivity index (χ0v) is 23.0. The Morgan fingerprint density at radius 3 is 2.06 bits per heavy atom. The zero-order valence-electron chi connectivity index (χ0n) is 23.0. The third kappa shape index (κ3) is 17.3. The largest absolute Gasteiger partial charge is 0.504 e. The molecule has 0 heterocycles. The van der Waals surface area contributed by atoms with Gasteiger partial charge in [0.15, 0.2) is 23.9 Å². The van der Waals surface area contributed by atoms with E-state index < -0.39 is 18.7 Å². The first-order chi connectivity index (χ1) is 17.3. The minimum atomic E-state index is -1.38. The fourth-order valence-electron chi connectivity index (χ4n) is 3.08. The Bertz CT molecular complexity index is 673. The number of aromatic hydroxyl groups is 1. The van der Waals surface area contributed by atoms with E-state index in [4.69, 9.17) is 29.2 Å². The Kier molecular flexibility index (Phi) is 24.5. The van der Waals surface area contributed by atoms with Gasteiger partial charge in [0.25, 0.3) is 0 Å². The van der Waals surface area contributed by atoms with Crippen LogP contribution in [0.2, 0.25) is 0 Å². The number of benzene rings is 1. The van der Waals surface area contributed by atoms with E-state index in [2.05, 4.69) is 6.92 Å². The van der Waals surface area contributed by atoms with Gasteiger partial charge in [0.2, 0.25) is 0 Å². The summed E-state index contributed by atoms with van der Waals surface area (Å²) < 4.78 is 19.9. The number of hydrogen-bond donors (Lipinski definition) is 3. The molecule has 3 N–H and O–H groups in total. The summed E-state index contributed by atoms with van der Waals surface area (Å²) in [4.78, 5) is 21.5. The number of hydrogen-bond acceptors (Lipinski definition) is 9. The number of aliphatic hydroxyl groups excluding tert-OH is 2. The van der Waals surface area contributed by atoms with Crippen molar-refractivity contribution in [3.8, 4) is 11.5 Å².